The number of thiazole rings is 1. The fourth-order valence-corrected chi connectivity index (χ4v) is 4.37. The molecule has 7 heteroatoms. The molecule has 2 aromatic carbocycles. The molecule has 5 nitrogen and oxygen atoms in total. The molecule has 0 unspecified atom stereocenters. The van der Waals surface area contributed by atoms with Crippen LogP contribution in [0.3, 0.4) is 0 Å². The number of esters is 1. The summed E-state index contributed by atoms with van der Waals surface area (Å²) in [5.41, 5.74) is 2.91. The Balaban J connectivity index is 1.92. The van der Waals surface area contributed by atoms with Gasteiger partial charge in [-0.15, -0.1) is 0 Å². The Morgan fingerprint density at radius 3 is 2.81 bits per heavy atom. The largest absolute Gasteiger partial charge is 0.466 e. The van der Waals surface area contributed by atoms with Crippen LogP contribution in [-0.4, -0.2) is 22.0 Å². The van der Waals surface area contributed by atoms with Crippen LogP contribution in [0.1, 0.15) is 12.5 Å². The fraction of sp³-hybridized carbons (Fsp3) is 0.150. The first-order valence-electron chi connectivity index (χ1n) is 8.42. The van der Waals surface area contributed by atoms with Crippen molar-refractivity contribution in [2.24, 2.45) is 0 Å². The minimum Gasteiger partial charge on any atom is -0.466 e. The highest BCUT2D eigenvalue weighted by Gasteiger charge is 2.15. The molecular formula is C20H15ClN2O3S. The first-order valence-corrected chi connectivity index (χ1v) is 9.62. The van der Waals surface area contributed by atoms with E-state index in [1.807, 2.05) is 40.8 Å². The highest BCUT2D eigenvalue weighted by molar-refractivity contribution is 7.23. The number of nitrogens with zero attached hydrogens (tertiary/aromatic N) is 2. The molecule has 0 aliphatic heterocycles. The summed E-state index contributed by atoms with van der Waals surface area (Å²) in [4.78, 5) is 28.6. The minimum absolute atomic E-state index is 0.209. The summed E-state index contributed by atoms with van der Waals surface area (Å²) in [6.45, 7) is 2.14. The predicted octanol–water partition coefficient (Wildman–Crippen LogP) is 4.34. The molecule has 0 aliphatic carbocycles. The molecule has 0 radical (unpaired) electrons. The van der Waals surface area contributed by atoms with Gasteiger partial charge in [0.25, 0.3) is 5.56 Å². The standard InChI is InChI=1S/C20H15ClN2O3S/c1-2-26-19(25)10-12-7-8-15-17(9-12)27-20-22-18(24)11-16(23(15)20)13-5-3-4-6-14(13)21/h3-9,11H,2,10H2,1H3. The first-order chi connectivity index (χ1) is 13.1. The van der Waals surface area contributed by atoms with E-state index in [0.29, 0.717) is 22.3 Å². The lowest BCUT2D eigenvalue weighted by molar-refractivity contribution is -0.142. The van der Waals surface area contributed by atoms with Crippen molar-refractivity contribution >= 4 is 44.1 Å². The summed E-state index contributed by atoms with van der Waals surface area (Å²) in [7, 11) is 0. The third kappa shape index (κ3) is 3.34. The molecule has 0 saturated carbocycles. The molecule has 0 bridgehead atoms. The highest BCUT2D eigenvalue weighted by Crippen LogP contribution is 2.33. The minimum atomic E-state index is -0.316. The maximum absolute atomic E-state index is 12.1. The number of hydrogen-bond donors (Lipinski definition) is 0. The van der Waals surface area contributed by atoms with Crippen LogP contribution in [-0.2, 0) is 16.0 Å². The van der Waals surface area contributed by atoms with Crippen LogP contribution in [0.4, 0.5) is 0 Å². The summed E-state index contributed by atoms with van der Waals surface area (Å²) < 4.78 is 7.87. The molecule has 0 amide bonds. The van der Waals surface area contributed by atoms with E-state index in [1.54, 1.807) is 13.0 Å². The zero-order valence-electron chi connectivity index (χ0n) is 14.4. The maximum atomic E-state index is 12.1. The third-order valence-electron chi connectivity index (χ3n) is 4.17. The van der Waals surface area contributed by atoms with Crippen molar-refractivity contribution in [1.82, 2.24) is 9.38 Å². The Bertz CT molecular complexity index is 1230. The second kappa shape index (κ2) is 7.13. The molecule has 2 aromatic heterocycles. The van der Waals surface area contributed by atoms with Crippen LogP contribution >= 0.6 is 22.9 Å². The Morgan fingerprint density at radius 1 is 1.22 bits per heavy atom. The number of benzene rings is 2. The van der Waals surface area contributed by atoms with Crippen molar-refractivity contribution < 1.29 is 9.53 Å². The second-order valence-corrected chi connectivity index (χ2v) is 7.38. The summed E-state index contributed by atoms with van der Waals surface area (Å²) in [5, 5.41) is 0.565. The number of carbonyl (C=O) groups is 1. The Hall–Kier alpha value is -2.70. The average molecular weight is 399 g/mol. The fourth-order valence-electron chi connectivity index (χ4n) is 3.04. The van der Waals surface area contributed by atoms with Gasteiger partial charge in [0.2, 0.25) is 0 Å². The number of rotatable bonds is 4. The van der Waals surface area contributed by atoms with Gasteiger partial charge in [0, 0.05) is 16.7 Å². The van der Waals surface area contributed by atoms with Gasteiger partial charge in [0.05, 0.1) is 28.9 Å². The molecule has 2 heterocycles. The third-order valence-corrected chi connectivity index (χ3v) is 5.50. The number of ether oxygens (including phenoxy) is 1. The van der Waals surface area contributed by atoms with Crippen LogP contribution in [0, 0.1) is 0 Å². The molecule has 4 aromatic rings. The van der Waals surface area contributed by atoms with Gasteiger partial charge in [-0.1, -0.05) is 47.2 Å². The van der Waals surface area contributed by atoms with Gasteiger partial charge in [-0.2, -0.15) is 4.98 Å². The van der Waals surface area contributed by atoms with E-state index >= 15 is 0 Å². The highest BCUT2D eigenvalue weighted by atomic mass is 35.5. The van der Waals surface area contributed by atoms with Crippen molar-refractivity contribution in [3.8, 4) is 11.3 Å². The van der Waals surface area contributed by atoms with Crippen LogP contribution in [0.5, 0.6) is 0 Å². The average Bonchev–Trinajstić information content (AvgIpc) is 2.98. The molecule has 4 rings (SSSR count). The van der Waals surface area contributed by atoms with Crippen molar-refractivity contribution in [3.05, 3.63) is 69.5 Å². The lowest BCUT2D eigenvalue weighted by Gasteiger charge is -2.08. The van der Waals surface area contributed by atoms with Crippen molar-refractivity contribution in [2.75, 3.05) is 6.61 Å². The van der Waals surface area contributed by atoms with Gasteiger partial charge in [-0.25, -0.2) is 0 Å². The van der Waals surface area contributed by atoms with Crippen LogP contribution < -0.4 is 5.56 Å². The predicted molar refractivity (Wildman–Crippen MR) is 108 cm³/mol. The number of aromatic nitrogens is 2. The van der Waals surface area contributed by atoms with Gasteiger partial charge < -0.3 is 4.74 Å². The van der Waals surface area contributed by atoms with Gasteiger partial charge in [0.1, 0.15) is 0 Å². The van der Waals surface area contributed by atoms with E-state index in [9.17, 15) is 9.59 Å². The molecule has 136 valence electrons. The van der Waals surface area contributed by atoms with Crippen LogP contribution in [0.2, 0.25) is 5.02 Å². The smallest absolute Gasteiger partial charge is 0.310 e. The van der Waals surface area contributed by atoms with Gasteiger partial charge >= 0.3 is 5.97 Å². The monoisotopic (exact) mass is 398 g/mol. The molecule has 0 saturated heterocycles. The van der Waals surface area contributed by atoms with Crippen LogP contribution in [0.15, 0.2) is 53.3 Å². The number of carbonyl (C=O) groups excluding carboxylic acids is 1. The van der Waals surface area contributed by atoms with E-state index in [2.05, 4.69) is 4.98 Å². The van der Waals surface area contributed by atoms with Gasteiger partial charge in [-0.05, 0) is 30.7 Å². The summed E-state index contributed by atoms with van der Waals surface area (Å²) >= 11 is 7.76. The molecule has 0 fully saturated rings. The normalized spacial score (nSPS) is 11.2. The quantitative estimate of drug-likeness (QED) is 0.480. The molecule has 0 aliphatic rings. The number of hydrogen-bond acceptors (Lipinski definition) is 5. The summed E-state index contributed by atoms with van der Waals surface area (Å²) in [6, 6.07) is 14.6. The summed E-state index contributed by atoms with van der Waals surface area (Å²) in [5.74, 6) is -0.262. The Morgan fingerprint density at radius 2 is 2.04 bits per heavy atom. The number of halogens is 1. The topological polar surface area (TPSA) is 60.7 Å². The molecule has 0 atom stereocenters. The Labute approximate surface area is 163 Å². The van der Waals surface area contributed by atoms with E-state index in [4.69, 9.17) is 16.3 Å². The first kappa shape index (κ1) is 17.7. The number of fused-ring (bicyclic) bond motifs is 3. The molecule has 27 heavy (non-hydrogen) atoms. The van der Waals surface area contributed by atoms with E-state index in [0.717, 1.165) is 21.3 Å². The van der Waals surface area contributed by atoms with Gasteiger partial charge in [-0.3, -0.25) is 14.0 Å². The van der Waals surface area contributed by atoms with E-state index in [-0.39, 0.29) is 17.9 Å². The molecule has 0 spiro atoms. The van der Waals surface area contributed by atoms with Crippen LogP contribution in [0.25, 0.3) is 26.4 Å². The molecular weight excluding hydrogens is 384 g/mol. The van der Waals surface area contributed by atoms with Crippen molar-refractivity contribution in [2.45, 2.75) is 13.3 Å². The van der Waals surface area contributed by atoms with Crippen molar-refractivity contribution in [1.29, 1.82) is 0 Å². The zero-order chi connectivity index (χ0) is 19.0. The second-order valence-electron chi connectivity index (χ2n) is 5.96. The van der Waals surface area contributed by atoms with Gasteiger partial charge in [0.15, 0.2) is 4.96 Å². The van der Waals surface area contributed by atoms with E-state index in [1.165, 1.54) is 17.4 Å². The lowest BCUT2D eigenvalue weighted by Crippen LogP contribution is -2.08. The maximum Gasteiger partial charge on any atom is 0.310 e. The van der Waals surface area contributed by atoms with E-state index < -0.39 is 0 Å². The lowest BCUT2D eigenvalue weighted by atomic mass is 10.1. The molecule has 0 N–H and O–H groups in total. The van der Waals surface area contributed by atoms with Crippen molar-refractivity contribution in [3.63, 3.8) is 0 Å². The summed E-state index contributed by atoms with van der Waals surface area (Å²) in [6.07, 6.45) is 0.209. The Kier molecular flexibility index (Phi) is 4.68. The SMILES string of the molecule is CCOC(=O)Cc1ccc2c(c1)sc1nc(=O)cc(-c3ccccc3Cl)n12. The zero-order valence-corrected chi connectivity index (χ0v) is 16.0.